The Balaban J connectivity index is 3.79. The van der Waals surface area contributed by atoms with Gasteiger partial charge in [-0.1, -0.05) is 26.7 Å². The van der Waals surface area contributed by atoms with Crippen LogP contribution in [0, 0.1) is 0 Å². The summed E-state index contributed by atoms with van der Waals surface area (Å²) in [6.07, 6.45) is 5.34. The molecule has 0 aliphatic rings. The highest BCUT2D eigenvalue weighted by atomic mass is 15.1. The van der Waals surface area contributed by atoms with Crippen molar-refractivity contribution < 1.29 is 0 Å². The lowest BCUT2D eigenvalue weighted by atomic mass is 10.1. The van der Waals surface area contributed by atoms with Gasteiger partial charge in [-0.3, -0.25) is 0 Å². The fourth-order valence-electron chi connectivity index (χ4n) is 1.56. The van der Waals surface area contributed by atoms with E-state index in [1.54, 1.807) is 0 Å². The predicted octanol–water partition coefficient (Wildman–Crippen LogP) is 3.30. The van der Waals surface area contributed by atoms with Crippen LogP contribution in [-0.2, 0) is 0 Å². The molecule has 0 aliphatic carbocycles. The number of nitrogens with zero attached hydrogens (tertiary/aromatic N) is 1. The van der Waals surface area contributed by atoms with Gasteiger partial charge in [0.2, 0.25) is 0 Å². The monoisotopic (exact) mass is 171 g/mol. The molecule has 0 rings (SSSR count). The molecule has 74 valence electrons. The van der Waals surface area contributed by atoms with Crippen LogP contribution >= 0.6 is 0 Å². The molecule has 0 bridgehead atoms. The first-order valence-corrected chi connectivity index (χ1v) is 5.35. The third-order valence-electron chi connectivity index (χ3n) is 2.75. The highest BCUT2D eigenvalue weighted by Gasteiger charge is 2.13. The van der Waals surface area contributed by atoms with Crippen molar-refractivity contribution in [1.29, 1.82) is 0 Å². The molecule has 0 aromatic carbocycles. The molecule has 0 saturated carbocycles. The molecule has 0 N–H and O–H groups in total. The SMILES string of the molecule is CCCCC(CC)N(C)C(C)C. The quantitative estimate of drug-likeness (QED) is 0.592. The zero-order chi connectivity index (χ0) is 9.56. The van der Waals surface area contributed by atoms with E-state index in [2.05, 4.69) is 39.6 Å². The molecule has 0 amide bonds. The van der Waals surface area contributed by atoms with Crippen LogP contribution in [0.2, 0.25) is 0 Å². The Morgan fingerprint density at radius 1 is 1.17 bits per heavy atom. The summed E-state index contributed by atoms with van der Waals surface area (Å²) in [6, 6.07) is 1.48. The van der Waals surface area contributed by atoms with E-state index in [9.17, 15) is 0 Å². The zero-order valence-corrected chi connectivity index (χ0v) is 9.43. The van der Waals surface area contributed by atoms with E-state index in [0.29, 0.717) is 6.04 Å². The number of hydrogen-bond acceptors (Lipinski definition) is 1. The van der Waals surface area contributed by atoms with E-state index in [1.165, 1.54) is 25.7 Å². The molecular formula is C11H25N. The van der Waals surface area contributed by atoms with Crippen LogP contribution in [0.25, 0.3) is 0 Å². The molecule has 1 heteroatoms. The molecule has 0 fully saturated rings. The molecule has 0 radical (unpaired) electrons. The van der Waals surface area contributed by atoms with Crippen molar-refractivity contribution in [3.63, 3.8) is 0 Å². The van der Waals surface area contributed by atoms with Gasteiger partial charge < -0.3 is 4.90 Å². The third-order valence-corrected chi connectivity index (χ3v) is 2.75. The topological polar surface area (TPSA) is 3.24 Å². The van der Waals surface area contributed by atoms with Gasteiger partial charge in [0.05, 0.1) is 0 Å². The largest absolute Gasteiger partial charge is 0.301 e. The summed E-state index contributed by atoms with van der Waals surface area (Å²) in [4.78, 5) is 2.50. The Hall–Kier alpha value is -0.0400. The summed E-state index contributed by atoms with van der Waals surface area (Å²) < 4.78 is 0. The Kier molecular flexibility index (Phi) is 6.45. The molecule has 0 aromatic heterocycles. The molecule has 0 spiro atoms. The van der Waals surface area contributed by atoms with Gasteiger partial charge in [0.15, 0.2) is 0 Å². The number of hydrogen-bond donors (Lipinski definition) is 0. The van der Waals surface area contributed by atoms with Gasteiger partial charge in [-0.15, -0.1) is 0 Å². The Bertz CT molecular complexity index is 99.2. The van der Waals surface area contributed by atoms with Crippen molar-refractivity contribution in [3.8, 4) is 0 Å². The second kappa shape index (κ2) is 6.47. The van der Waals surface area contributed by atoms with Crippen molar-refractivity contribution in [2.24, 2.45) is 0 Å². The highest BCUT2D eigenvalue weighted by molar-refractivity contribution is 4.69. The minimum Gasteiger partial charge on any atom is -0.301 e. The minimum absolute atomic E-state index is 0.687. The maximum atomic E-state index is 2.50. The average Bonchev–Trinajstić information content (AvgIpc) is 2.05. The van der Waals surface area contributed by atoms with Crippen molar-refractivity contribution in [1.82, 2.24) is 4.90 Å². The van der Waals surface area contributed by atoms with Gasteiger partial charge in [0.25, 0.3) is 0 Å². The van der Waals surface area contributed by atoms with E-state index in [0.717, 1.165) is 6.04 Å². The fraction of sp³-hybridized carbons (Fsp3) is 1.00. The van der Waals surface area contributed by atoms with Crippen LogP contribution in [0.3, 0.4) is 0 Å². The van der Waals surface area contributed by atoms with Crippen LogP contribution in [0.1, 0.15) is 53.4 Å². The second-order valence-corrected chi connectivity index (χ2v) is 3.96. The first-order valence-electron chi connectivity index (χ1n) is 5.35. The van der Waals surface area contributed by atoms with Crippen molar-refractivity contribution >= 4 is 0 Å². The first-order chi connectivity index (χ1) is 5.63. The van der Waals surface area contributed by atoms with Crippen molar-refractivity contribution in [2.45, 2.75) is 65.5 Å². The lowest BCUT2D eigenvalue weighted by Crippen LogP contribution is -2.36. The number of unbranched alkanes of at least 4 members (excludes halogenated alkanes) is 1. The summed E-state index contributed by atoms with van der Waals surface area (Å²) in [5, 5.41) is 0. The summed E-state index contributed by atoms with van der Waals surface area (Å²) >= 11 is 0. The number of rotatable bonds is 6. The molecule has 12 heavy (non-hydrogen) atoms. The summed E-state index contributed by atoms with van der Waals surface area (Å²) in [5.74, 6) is 0. The van der Waals surface area contributed by atoms with Crippen LogP contribution in [-0.4, -0.2) is 24.0 Å². The van der Waals surface area contributed by atoms with E-state index >= 15 is 0 Å². The summed E-state index contributed by atoms with van der Waals surface area (Å²) in [5.41, 5.74) is 0. The molecular weight excluding hydrogens is 146 g/mol. The lowest BCUT2D eigenvalue weighted by Gasteiger charge is -2.30. The standard InChI is InChI=1S/C11H25N/c1-6-8-9-11(7-2)12(5)10(3)4/h10-11H,6-9H2,1-5H3. The van der Waals surface area contributed by atoms with Gasteiger partial charge in [0, 0.05) is 12.1 Å². The van der Waals surface area contributed by atoms with Gasteiger partial charge in [-0.25, -0.2) is 0 Å². The molecule has 0 saturated heterocycles. The predicted molar refractivity (Wildman–Crippen MR) is 56.5 cm³/mol. The zero-order valence-electron chi connectivity index (χ0n) is 9.43. The van der Waals surface area contributed by atoms with Crippen molar-refractivity contribution in [3.05, 3.63) is 0 Å². The van der Waals surface area contributed by atoms with E-state index in [4.69, 9.17) is 0 Å². The normalized spacial score (nSPS) is 14.2. The van der Waals surface area contributed by atoms with Crippen LogP contribution in [0.5, 0.6) is 0 Å². The minimum atomic E-state index is 0.687. The molecule has 1 unspecified atom stereocenters. The van der Waals surface area contributed by atoms with E-state index in [-0.39, 0.29) is 0 Å². The molecule has 0 aromatic rings. The van der Waals surface area contributed by atoms with Crippen LogP contribution < -0.4 is 0 Å². The third kappa shape index (κ3) is 4.10. The molecule has 0 aliphatic heterocycles. The smallest absolute Gasteiger partial charge is 0.00922 e. The maximum absolute atomic E-state index is 2.50. The lowest BCUT2D eigenvalue weighted by molar-refractivity contribution is 0.178. The maximum Gasteiger partial charge on any atom is 0.00922 e. The Morgan fingerprint density at radius 2 is 1.75 bits per heavy atom. The van der Waals surface area contributed by atoms with Crippen molar-refractivity contribution in [2.75, 3.05) is 7.05 Å². The van der Waals surface area contributed by atoms with Gasteiger partial charge in [-0.2, -0.15) is 0 Å². The van der Waals surface area contributed by atoms with Gasteiger partial charge in [-0.05, 0) is 33.7 Å². The molecule has 0 heterocycles. The Labute approximate surface area is 78.1 Å². The van der Waals surface area contributed by atoms with Gasteiger partial charge in [0.1, 0.15) is 0 Å². The van der Waals surface area contributed by atoms with E-state index in [1.807, 2.05) is 0 Å². The van der Waals surface area contributed by atoms with E-state index < -0.39 is 0 Å². The summed E-state index contributed by atoms with van der Waals surface area (Å²) in [6.45, 7) is 9.10. The fourth-order valence-corrected chi connectivity index (χ4v) is 1.56. The van der Waals surface area contributed by atoms with Crippen LogP contribution in [0.4, 0.5) is 0 Å². The summed E-state index contributed by atoms with van der Waals surface area (Å²) in [7, 11) is 2.24. The Morgan fingerprint density at radius 3 is 2.08 bits per heavy atom. The molecule has 1 nitrogen and oxygen atoms in total. The molecule has 1 atom stereocenters. The highest BCUT2D eigenvalue weighted by Crippen LogP contribution is 2.12. The first kappa shape index (κ1) is 12.0. The van der Waals surface area contributed by atoms with Crippen LogP contribution in [0.15, 0.2) is 0 Å². The second-order valence-electron chi connectivity index (χ2n) is 3.96. The average molecular weight is 171 g/mol. The van der Waals surface area contributed by atoms with Gasteiger partial charge >= 0.3 is 0 Å².